The number of nitrogens with zero attached hydrogens (tertiary/aromatic N) is 1. The highest BCUT2D eigenvalue weighted by Gasteiger charge is 2.46. The van der Waals surface area contributed by atoms with Crippen LogP contribution in [-0.2, 0) is 22.6 Å². The van der Waals surface area contributed by atoms with Gasteiger partial charge in [-0.3, -0.25) is 19.7 Å². The molecule has 0 bridgehead atoms. The van der Waals surface area contributed by atoms with Gasteiger partial charge in [0, 0.05) is 59.0 Å². The minimum absolute atomic E-state index is 0.0126. The number of ketones is 2. The molecule has 42 heavy (non-hydrogen) atoms. The van der Waals surface area contributed by atoms with Gasteiger partial charge in [-0.1, -0.05) is 39.8 Å². The van der Waals surface area contributed by atoms with Crippen molar-refractivity contribution in [2.45, 2.75) is 72.3 Å². The Balaban J connectivity index is 1.60. The SMILES string of the molecule is C=CCc1cc(C2C3=C(CC(C)(C)CC3=O)NC3=C2C(=O)CC(C)(C)C3)cc(OC)c1OCc1ccc([N+](=O)[O-])cc1. The molecule has 8 nitrogen and oxygen atoms in total. The van der Waals surface area contributed by atoms with Crippen molar-refractivity contribution in [2.75, 3.05) is 7.11 Å². The lowest BCUT2D eigenvalue weighted by molar-refractivity contribution is -0.384. The maximum atomic E-state index is 13.7. The molecule has 8 heteroatoms. The molecule has 0 spiro atoms. The number of carbonyl (C=O) groups is 2. The Labute approximate surface area is 246 Å². The number of nitrogens with one attached hydrogen (secondary N) is 1. The smallest absolute Gasteiger partial charge is 0.269 e. The van der Waals surface area contributed by atoms with Crippen LogP contribution in [0.2, 0.25) is 0 Å². The fourth-order valence-electron chi connectivity index (χ4n) is 6.56. The fraction of sp³-hybridized carbons (Fsp3) is 0.412. The average molecular weight is 571 g/mol. The van der Waals surface area contributed by atoms with Crippen molar-refractivity contribution < 1.29 is 24.0 Å². The molecular formula is C34H38N2O6. The van der Waals surface area contributed by atoms with Crippen molar-refractivity contribution in [1.82, 2.24) is 5.32 Å². The molecule has 220 valence electrons. The Morgan fingerprint density at radius 3 is 2.05 bits per heavy atom. The van der Waals surface area contributed by atoms with Crippen LogP contribution in [-0.4, -0.2) is 23.6 Å². The Kier molecular flexibility index (Phi) is 7.60. The van der Waals surface area contributed by atoms with Crippen molar-refractivity contribution in [3.05, 3.63) is 98.4 Å². The van der Waals surface area contributed by atoms with Crippen molar-refractivity contribution in [2.24, 2.45) is 10.8 Å². The molecule has 0 amide bonds. The van der Waals surface area contributed by atoms with Crippen molar-refractivity contribution in [3.8, 4) is 11.5 Å². The summed E-state index contributed by atoms with van der Waals surface area (Å²) in [6.07, 6.45) is 4.53. The molecule has 0 atom stereocenters. The largest absolute Gasteiger partial charge is 0.493 e. The molecule has 5 rings (SSSR count). The first-order valence-corrected chi connectivity index (χ1v) is 14.3. The Hall–Kier alpha value is -4.20. The van der Waals surface area contributed by atoms with Crippen molar-refractivity contribution in [3.63, 3.8) is 0 Å². The number of carbonyl (C=O) groups excluding carboxylic acids is 2. The van der Waals surface area contributed by atoms with E-state index >= 15 is 0 Å². The van der Waals surface area contributed by atoms with Crippen LogP contribution < -0.4 is 14.8 Å². The van der Waals surface area contributed by atoms with Crippen LogP contribution in [0.5, 0.6) is 11.5 Å². The van der Waals surface area contributed by atoms with Gasteiger partial charge in [-0.2, -0.15) is 0 Å². The first kappa shape index (κ1) is 29.3. The number of Topliss-reactive ketones (excluding diaryl/α,β-unsaturated/α-hetero) is 2. The molecule has 2 aromatic carbocycles. The lowest BCUT2D eigenvalue weighted by atomic mass is 9.64. The zero-order valence-electron chi connectivity index (χ0n) is 25.0. The van der Waals surface area contributed by atoms with Crippen LogP contribution in [0.25, 0.3) is 0 Å². The second kappa shape index (κ2) is 10.9. The zero-order valence-corrected chi connectivity index (χ0v) is 25.0. The highest BCUT2D eigenvalue weighted by Crippen LogP contribution is 2.52. The summed E-state index contributed by atoms with van der Waals surface area (Å²) in [6.45, 7) is 12.5. The molecule has 0 fully saturated rings. The molecule has 2 aromatic rings. The molecule has 3 aliphatic rings. The summed E-state index contributed by atoms with van der Waals surface area (Å²) in [5, 5.41) is 14.6. The summed E-state index contributed by atoms with van der Waals surface area (Å²) < 4.78 is 12.1. The van der Waals surface area contributed by atoms with E-state index in [2.05, 4.69) is 39.6 Å². The van der Waals surface area contributed by atoms with Crippen LogP contribution in [0, 0.1) is 20.9 Å². The number of allylic oxidation sites excluding steroid dienone is 5. The van der Waals surface area contributed by atoms with E-state index in [9.17, 15) is 19.7 Å². The monoisotopic (exact) mass is 570 g/mol. The maximum absolute atomic E-state index is 13.7. The molecule has 1 heterocycles. The van der Waals surface area contributed by atoms with E-state index in [-0.39, 0.29) is 34.7 Å². The number of non-ortho nitro benzene ring substituents is 1. The molecule has 1 N–H and O–H groups in total. The number of hydrogen-bond donors (Lipinski definition) is 1. The van der Waals surface area contributed by atoms with Gasteiger partial charge in [0.2, 0.25) is 0 Å². The molecule has 0 saturated carbocycles. The van der Waals surface area contributed by atoms with Gasteiger partial charge in [-0.15, -0.1) is 6.58 Å². The van der Waals surface area contributed by atoms with Gasteiger partial charge in [0.05, 0.1) is 12.0 Å². The number of nitro groups is 1. The Bertz CT molecular complexity index is 1490. The summed E-state index contributed by atoms with van der Waals surface area (Å²) in [5.74, 6) is 0.645. The number of rotatable bonds is 8. The van der Waals surface area contributed by atoms with E-state index in [1.807, 2.05) is 12.1 Å². The van der Waals surface area contributed by atoms with E-state index in [1.54, 1.807) is 25.3 Å². The van der Waals surface area contributed by atoms with Gasteiger partial charge in [-0.05, 0) is 59.4 Å². The van der Waals surface area contributed by atoms with Crippen LogP contribution in [0.3, 0.4) is 0 Å². The average Bonchev–Trinajstić information content (AvgIpc) is 2.89. The van der Waals surface area contributed by atoms with Gasteiger partial charge in [0.1, 0.15) is 6.61 Å². The summed E-state index contributed by atoms with van der Waals surface area (Å²) in [5.41, 5.74) is 5.22. The Morgan fingerprint density at radius 1 is 0.976 bits per heavy atom. The summed E-state index contributed by atoms with van der Waals surface area (Å²) in [4.78, 5) is 38.1. The topological polar surface area (TPSA) is 108 Å². The third-order valence-electron chi connectivity index (χ3n) is 8.32. The first-order valence-electron chi connectivity index (χ1n) is 14.3. The van der Waals surface area contributed by atoms with E-state index in [0.717, 1.165) is 40.9 Å². The fourth-order valence-corrected chi connectivity index (χ4v) is 6.56. The predicted octanol–water partition coefficient (Wildman–Crippen LogP) is 6.88. The molecule has 1 aliphatic heterocycles. The zero-order chi connectivity index (χ0) is 30.4. The van der Waals surface area contributed by atoms with Crippen molar-refractivity contribution >= 4 is 17.3 Å². The molecule has 0 aromatic heterocycles. The number of hydrogen-bond acceptors (Lipinski definition) is 7. The van der Waals surface area contributed by atoms with Crippen LogP contribution in [0.1, 0.15) is 76.0 Å². The van der Waals surface area contributed by atoms with Crippen LogP contribution in [0.15, 0.2) is 71.6 Å². The quantitative estimate of drug-likeness (QED) is 0.209. The number of methoxy groups -OCH3 is 1. The van der Waals surface area contributed by atoms with E-state index in [0.29, 0.717) is 41.9 Å². The van der Waals surface area contributed by atoms with Crippen LogP contribution >= 0.6 is 0 Å². The number of dihydropyridines is 1. The Morgan fingerprint density at radius 2 is 1.55 bits per heavy atom. The predicted molar refractivity (Wildman–Crippen MR) is 160 cm³/mol. The molecule has 0 radical (unpaired) electrons. The first-order chi connectivity index (χ1) is 19.8. The van der Waals surface area contributed by atoms with Gasteiger partial charge in [-0.25, -0.2) is 0 Å². The van der Waals surface area contributed by atoms with Gasteiger partial charge in [0.25, 0.3) is 5.69 Å². The normalized spacial score (nSPS) is 19.5. The van der Waals surface area contributed by atoms with E-state index < -0.39 is 10.8 Å². The highest BCUT2D eigenvalue weighted by atomic mass is 16.6. The lowest BCUT2D eigenvalue weighted by Crippen LogP contribution is -2.42. The van der Waals surface area contributed by atoms with Crippen molar-refractivity contribution in [1.29, 1.82) is 0 Å². The van der Waals surface area contributed by atoms with E-state index in [1.165, 1.54) is 12.1 Å². The third kappa shape index (κ3) is 5.62. The highest BCUT2D eigenvalue weighted by molar-refractivity contribution is 6.06. The molecule has 0 unspecified atom stereocenters. The lowest BCUT2D eigenvalue weighted by Gasteiger charge is -2.44. The molecule has 2 aliphatic carbocycles. The summed E-state index contributed by atoms with van der Waals surface area (Å²) in [7, 11) is 1.57. The maximum Gasteiger partial charge on any atom is 0.269 e. The molecule has 0 saturated heterocycles. The van der Waals surface area contributed by atoms with Gasteiger partial charge >= 0.3 is 0 Å². The second-order valence-electron chi connectivity index (χ2n) is 13.1. The van der Waals surface area contributed by atoms with E-state index in [4.69, 9.17) is 9.47 Å². The standard InChI is InChI=1S/C34H38N2O6/c1-7-8-21-13-22(14-28(41-6)32(21)42-19-20-9-11-23(12-10-20)36(39)40)29-30-24(15-33(2,3)17-26(30)37)35-25-16-34(4,5)18-27(38)31(25)29/h7,9-14,29,35H,1,8,15-19H2,2-6H3. The number of nitro benzene ring substituents is 1. The number of benzene rings is 2. The minimum atomic E-state index is -0.496. The summed E-state index contributed by atoms with van der Waals surface area (Å²) in [6, 6.07) is 10.1. The van der Waals surface area contributed by atoms with Gasteiger partial charge in [0.15, 0.2) is 23.1 Å². The number of ether oxygens (including phenoxy) is 2. The minimum Gasteiger partial charge on any atom is -0.493 e. The third-order valence-corrected chi connectivity index (χ3v) is 8.32. The van der Waals surface area contributed by atoms with Gasteiger partial charge < -0.3 is 14.8 Å². The second-order valence-corrected chi connectivity index (χ2v) is 13.1. The van der Waals surface area contributed by atoms with Crippen LogP contribution in [0.4, 0.5) is 5.69 Å². The molecular weight excluding hydrogens is 532 g/mol. The summed E-state index contributed by atoms with van der Waals surface area (Å²) >= 11 is 0.